The number of carboxylic acids is 1. The number of aliphatic carboxylic acids is 1. The van der Waals surface area contributed by atoms with E-state index in [0.29, 0.717) is 17.1 Å². The van der Waals surface area contributed by atoms with Crippen LogP contribution in [0.1, 0.15) is 19.3 Å². The molecule has 17 heavy (non-hydrogen) atoms. The number of nitrogens with one attached hydrogen (secondary N) is 1. The summed E-state index contributed by atoms with van der Waals surface area (Å²) in [6.07, 6.45) is 0.492. The van der Waals surface area contributed by atoms with Crippen molar-refractivity contribution in [3.8, 4) is 0 Å². The van der Waals surface area contributed by atoms with Crippen molar-refractivity contribution in [1.29, 1.82) is 0 Å². The molecule has 0 unspecified atom stereocenters. The lowest BCUT2D eigenvalue weighted by atomic mass is 10.2. The molecule has 0 aliphatic carbocycles. The van der Waals surface area contributed by atoms with E-state index in [1.807, 2.05) is 6.07 Å². The lowest BCUT2D eigenvalue weighted by molar-refractivity contribution is -0.137. The first-order valence-corrected chi connectivity index (χ1v) is 6.41. The summed E-state index contributed by atoms with van der Waals surface area (Å²) in [4.78, 5) is 21.7. The van der Waals surface area contributed by atoms with Crippen molar-refractivity contribution in [3.63, 3.8) is 0 Å². The fourth-order valence-electron chi connectivity index (χ4n) is 1.20. The molecule has 1 amide bonds. The van der Waals surface area contributed by atoms with E-state index in [-0.39, 0.29) is 18.7 Å². The predicted octanol–water partition coefficient (Wildman–Crippen LogP) is 3.14. The maximum atomic E-state index is 11.5. The summed E-state index contributed by atoms with van der Waals surface area (Å²) in [6.45, 7) is 0. The van der Waals surface area contributed by atoms with E-state index >= 15 is 0 Å². The highest BCUT2D eigenvalue weighted by Gasteiger charge is 2.07. The van der Waals surface area contributed by atoms with Gasteiger partial charge < -0.3 is 10.4 Å². The fourth-order valence-corrected chi connectivity index (χ4v) is 2.11. The minimum absolute atomic E-state index is 0.00611. The lowest BCUT2D eigenvalue weighted by Gasteiger charge is -2.06. The lowest BCUT2D eigenvalue weighted by Crippen LogP contribution is -2.12. The summed E-state index contributed by atoms with van der Waals surface area (Å²) in [5.74, 6) is -1.13. The van der Waals surface area contributed by atoms with Crippen molar-refractivity contribution in [3.05, 3.63) is 26.8 Å². The zero-order valence-electron chi connectivity index (χ0n) is 8.87. The van der Waals surface area contributed by atoms with Gasteiger partial charge >= 0.3 is 5.97 Å². The molecule has 0 bridgehead atoms. The molecule has 2 N–H and O–H groups in total. The van der Waals surface area contributed by atoms with Crippen LogP contribution in [0.25, 0.3) is 0 Å². The van der Waals surface area contributed by atoms with Gasteiger partial charge in [-0.25, -0.2) is 0 Å². The Balaban J connectivity index is 2.48. The molecule has 0 heterocycles. The molecule has 1 rings (SSSR count). The number of rotatable bonds is 5. The first-order chi connectivity index (χ1) is 7.99. The fraction of sp³-hybridized carbons (Fsp3) is 0.273. The van der Waals surface area contributed by atoms with Crippen LogP contribution >= 0.6 is 34.2 Å². The Morgan fingerprint density at radius 1 is 1.35 bits per heavy atom. The van der Waals surface area contributed by atoms with Crippen LogP contribution < -0.4 is 5.32 Å². The third-order valence-corrected chi connectivity index (χ3v) is 2.98. The largest absolute Gasteiger partial charge is 0.481 e. The Labute approximate surface area is 117 Å². The molecule has 4 nitrogen and oxygen atoms in total. The Hall–Kier alpha value is -0.820. The van der Waals surface area contributed by atoms with Gasteiger partial charge in [0.15, 0.2) is 0 Å². The van der Waals surface area contributed by atoms with E-state index in [0.717, 1.165) is 3.57 Å². The van der Waals surface area contributed by atoms with Crippen molar-refractivity contribution in [2.75, 3.05) is 5.32 Å². The van der Waals surface area contributed by atoms with Gasteiger partial charge in [-0.05, 0) is 47.2 Å². The zero-order valence-corrected chi connectivity index (χ0v) is 11.8. The average molecular weight is 368 g/mol. The number of hydrogen-bond acceptors (Lipinski definition) is 2. The van der Waals surface area contributed by atoms with E-state index in [1.165, 1.54) is 0 Å². The maximum Gasteiger partial charge on any atom is 0.303 e. The number of halogens is 2. The standard InChI is InChI=1S/C11H11ClINO3/c12-8-6-7(13)4-5-9(8)14-10(15)2-1-3-11(16)17/h4-6H,1-3H2,(H,14,15)(H,16,17). The van der Waals surface area contributed by atoms with Gasteiger partial charge in [-0.3, -0.25) is 9.59 Å². The SMILES string of the molecule is O=C(O)CCCC(=O)Nc1ccc(I)cc1Cl. The predicted molar refractivity (Wildman–Crippen MR) is 74.3 cm³/mol. The molecule has 0 fully saturated rings. The third kappa shape index (κ3) is 5.36. The van der Waals surface area contributed by atoms with Gasteiger partial charge in [0.1, 0.15) is 0 Å². The van der Waals surface area contributed by atoms with Crippen molar-refractivity contribution < 1.29 is 14.7 Å². The van der Waals surface area contributed by atoms with Crippen molar-refractivity contribution in [2.24, 2.45) is 0 Å². The Morgan fingerprint density at radius 3 is 2.65 bits per heavy atom. The van der Waals surface area contributed by atoms with Gasteiger partial charge in [0.2, 0.25) is 5.91 Å². The summed E-state index contributed by atoms with van der Waals surface area (Å²) >= 11 is 8.07. The minimum Gasteiger partial charge on any atom is -0.481 e. The van der Waals surface area contributed by atoms with Crippen molar-refractivity contribution in [2.45, 2.75) is 19.3 Å². The number of carbonyl (C=O) groups is 2. The van der Waals surface area contributed by atoms with E-state index < -0.39 is 5.97 Å². The summed E-state index contributed by atoms with van der Waals surface area (Å²) in [6, 6.07) is 5.30. The minimum atomic E-state index is -0.898. The molecular weight excluding hydrogens is 356 g/mol. The van der Waals surface area contributed by atoms with E-state index in [9.17, 15) is 9.59 Å². The average Bonchev–Trinajstić information content (AvgIpc) is 2.21. The van der Waals surface area contributed by atoms with Crippen LogP contribution in [-0.4, -0.2) is 17.0 Å². The van der Waals surface area contributed by atoms with E-state index in [1.54, 1.807) is 12.1 Å². The van der Waals surface area contributed by atoms with Gasteiger partial charge in [0.25, 0.3) is 0 Å². The van der Waals surface area contributed by atoms with Gasteiger partial charge in [-0.15, -0.1) is 0 Å². The van der Waals surface area contributed by atoms with Gasteiger partial charge in [-0.2, -0.15) is 0 Å². The molecule has 1 aromatic rings. The van der Waals surface area contributed by atoms with Crippen LogP contribution in [0.4, 0.5) is 5.69 Å². The van der Waals surface area contributed by atoms with Crippen LogP contribution in [0, 0.1) is 3.57 Å². The molecule has 0 aliphatic heterocycles. The van der Waals surface area contributed by atoms with E-state index in [2.05, 4.69) is 27.9 Å². The molecule has 0 radical (unpaired) electrons. The number of carbonyl (C=O) groups excluding carboxylic acids is 1. The zero-order chi connectivity index (χ0) is 12.8. The van der Waals surface area contributed by atoms with Crippen molar-refractivity contribution >= 4 is 51.8 Å². The van der Waals surface area contributed by atoms with Crippen molar-refractivity contribution in [1.82, 2.24) is 0 Å². The molecule has 0 saturated carbocycles. The Morgan fingerprint density at radius 2 is 2.06 bits per heavy atom. The molecule has 0 spiro atoms. The summed E-state index contributed by atoms with van der Waals surface area (Å²) in [7, 11) is 0. The summed E-state index contributed by atoms with van der Waals surface area (Å²) in [5, 5.41) is 11.6. The first-order valence-electron chi connectivity index (χ1n) is 4.95. The monoisotopic (exact) mass is 367 g/mol. The van der Waals surface area contributed by atoms with Gasteiger partial charge in [0.05, 0.1) is 10.7 Å². The topological polar surface area (TPSA) is 66.4 Å². The van der Waals surface area contributed by atoms with E-state index in [4.69, 9.17) is 16.7 Å². The number of anilines is 1. The quantitative estimate of drug-likeness (QED) is 0.786. The molecule has 1 aromatic carbocycles. The van der Waals surface area contributed by atoms with Crippen LogP contribution in [0.3, 0.4) is 0 Å². The highest BCUT2D eigenvalue weighted by atomic mass is 127. The van der Waals surface area contributed by atoms with Gasteiger partial charge in [-0.1, -0.05) is 11.6 Å². The molecular formula is C11H11ClINO3. The number of hydrogen-bond donors (Lipinski definition) is 2. The molecule has 0 aromatic heterocycles. The highest BCUT2D eigenvalue weighted by molar-refractivity contribution is 14.1. The molecule has 92 valence electrons. The van der Waals surface area contributed by atoms with Crippen LogP contribution in [-0.2, 0) is 9.59 Å². The smallest absolute Gasteiger partial charge is 0.303 e. The van der Waals surface area contributed by atoms with Gasteiger partial charge in [0, 0.05) is 16.4 Å². The summed E-state index contributed by atoms with van der Waals surface area (Å²) in [5.41, 5.74) is 0.549. The second-order valence-corrected chi connectivity index (χ2v) is 5.07. The van der Waals surface area contributed by atoms with Crippen LogP contribution in [0.2, 0.25) is 5.02 Å². The molecule has 0 atom stereocenters. The second-order valence-electron chi connectivity index (χ2n) is 3.42. The maximum absolute atomic E-state index is 11.5. The molecule has 0 aliphatic rings. The Kier molecular flexibility index (Phi) is 5.70. The third-order valence-electron chi connectivity index (χ3n) is 2.00. The molecule has 6 heteroatoms. The molecule has 0 saturated heterocycles. The number of benzene rings is 1. The van der Waals surface area contributed by atoms with Crippen LogP contribution in [0.15, 0.2) is 18.2 Å². The van der Waals surface area contributed by atoms with Crippen LogP contribution in [0.5, 0.6) is 0 Å². The first kappa shape index (κ1) is 14.2. The second kappa shape index (κ2) is 6.80. The Bertz CT molecular complexity index is 437. The number of amides is 1. The normalized spacial score (nSPS) is 10.0. The highest BCUT2D eigenvalue weighted by Crippen LogP contribution is 2.23. The summed E-state index contributed by atoms with van der Waals surface area (Å²) < 4.78 is 0.983. The number of carboxylic acid groups (broad SMARTS) is 1.